The summed E-state index contributed by atoms with van der Waals surface area (Å²) in [6, 6.07) is 45.2. The molecule has 2 fully saturated rings. The molecule has 0 amide bonds. The van der Waals surface area contributed by atoms with Crippen LogP contribution in [0.1, 0.15) is 90.4 Å². The SMILES string of the molecule is CCN(CC)C1CCN(C(C)c2cc(-c3ccccc3)nc3ccccc23)CC1.CCN(CC)C1CCN(C(C)c2cc(-c3ccccc3)nc3ccccc23)CC1.Cl.Cl. The van der Waals surface area contributed by atoms with Gasteiger partial charge in [0.05, 0.1) is 22.4 Å². The van der Waals surface area contributed by atoms with E-state index in [0.717, 1.165) is 60.7 Å². The largest absolute Gasteiger partial charge is 0.301 e. The molecule has 0 N–H and O–H groups in total. The molecular weight excluding hydrogens is 780 g/mol. The van der Waals surface area contributed by atoms with Crippen LogP contribution in [0, 0.1) is 0 Å². The van der Waals surface area contributed by atoms with Crippen molar-refractivity contribution in [2.45, 2.75) is 91.4 Å². The summed E-state index contributed by atoms with van der Waals surface area (Å²) in [4.78, 5) is 20.5. The third-order valence-corrected chi connectivity index (χ3v) is 13.3. The molecule has 2 saturated heterocycles. The lowest BCUT2D eigenvalue weighted by Gasteiger charge is -2.40. The molecule has 4 heterocycles. The Morgan fingerprint density at radius 2 is 0.800 bits per heavy atom. The van der Waals surface area contributed by atoms with Crippen molar-refractivity contribution < 1.29 is 0 Å². The molecule has 6 aromatic rings. The summed E-state index contributed by atoms with van der Waals surface area (Å²) in [5.41, 5.74) is 9.50. The Morgan fingerprint density at radius 1 is 0.483 bits per heavy atom. The first-order chi connectivity index (χ1) is 28.4. The first-order valence-corrected chi connectivity index (χ1v) is 22.3. The first-order valence-electron chi connectivity index (χ1n) is 22.3. The Kier molecular flexibility index (Phi) is 17.9. The summed E-state index contributed by atoms with van der Waals surface area (Å²) >= 11 is 0. The molecule has 8 heteroatoms. The highest BCUT2D eigenvalue weighted by Gasteiger charge is 2.29. The number of benzene rings is 4. The van der Waals surface area contributed by atoms with Crippen molar-refractivity contribution in [1.29, 1.82) is 0 Å². The molecule has 4 aromatic carbocycles. The van der Waals surface area contributed by atoms with E-state index >= 15 is 0 Å². The molecule has 0 bridgehead atoms. The number of para-hydroxylation sites is 2. The van der Waals surface area contributed by atoms with Gasteiger partial charge in [-0.25, -0.2) is 9.97 Å². The smallest absolute Gasteiger partial charge is 0.0713 e. The Bertz CT molecular complexity index is 2020. The number of halogens is 2. The lowest BCUT2D eigenvalue weighted by molar-refractivity contribution is 0.0942. The molecule has 320 valence electrons. The van der Waals surface area contributed by atoms with Gasteiger partial charge in [0, 0.05) is 72.2 Å². The molecule has 60 heavy (non-hydrogen) atoms. The Balaban J connectivity index is 0.000000220. The molecular formula is C52H68Cl2N6. The van der Waals surface area contributed by atoms with Gasteiger partial charge in [-0.3, -0.25) is 9.80 Å². The summed E-state index contributed by atoms with van der Waals surface area (Å²) in [5, 5.41) is 2.57. The number of pyridine rings is 2. The van der Waals surface area contributed by atoms with Crippen LogP contribution in [0.5, 0.6) is 0 Å². The zero-order valence-corrected chi connectivity index (χ0v) is 38.5. The standard InChI is InChI=1S/2C26H33N3.2ClH/c2*1-4-28(5-2)22-15-17-29(18-16-22)20(3)24-19-26(21-11-7-6-8-12-21)27-25-14-10-9-13-23(24)25;;/h2*6-14,19-20,22H,4-5,15-18H2,1-3H3;2*1H. The second-order valence-electron chi connectivity index (χ2n) is 16.3. The normalized spacial score (nSPS) is 16.5. The number of piperidine rings is 2. The molecule has 2 aliphatic heterocycles. The zero-order valence-electron chi connectivity index (χ0n) is 36.8. The topological polar surface area (TPSA) is 38.7 Å². The van der Waals surface area contributed by atoms with E-state index in [0.29, 0.717) is 12.1 Å². The molecule has 2 unspecified atom stereocenters. The van der Waals surface area contributed by atoms with Crippen LogP contribution >= 0.6 is 24.8 Å². The van der Waals surface area contributed by atoms with Gasteiger partial charge in [-0.2, -0.15) is 0 Å². The predicted octanol–water partition coefficient (Wildman–Crippen LogP) is 12.4. The van der Waals surface area contributed by atoms with Crippen LogP contribution in [0.15, 0.2) is 121 Å². The van der Waals surface area contributed by atoms with Gasteiger partial charge in [0.15, 0.2) is 0 Å². The predicted molar refractivity (Wildman–Crippen MR) is 261 cm³/mol. The van der Waals surface area contributed by atoms with Gasteiger partial charge in [0.25, 0.3) is 0 Å². The van der Waals surface area contributed by atoms with Crippen LogP contribution in [-0.4, -0.2) is 94.0 Å². The molecule has 2 atom stereocenters. The van der Waals surface area contributed by atoms with Crippen LogP contribution < -0.4 is 0 Å². The maximum absolute atomic E-state index is 4.97. The van der Waals surface area contributed by atoms with Gasteiger partial charge in [0.2, 0.25) is 0 Å². The fourth-order valence-corrected chi connectivity index (χ4v) is 9.76. The van der Waals surface area contributed by atoms with E-state index in [9.17, 15) is 0 Å². The van der Waals surface area contributed by atoms with E-state index in [2.05, 4.69) is 182 Å². The highest BCUT2D eigenvalue weighted by molar-refractivity contribution is 5.87. The lowest BCUT2D eigenvalue weighted by atomic mass is 9.95. The van der Waals surface area contributed by atoms with Gasteiger partial charge in [-0.05, 0) is 101 Å². The van der Waals surface area contributed by atoms with Crippen LogP contribution in [0.3, 0.4) is 0 Å². The van der Waals surface area contributed by atoms with Gasteiger partial charge >= 0.3 is 0 Å². The van der Waals surface area contributed by atoms with E-state index in [-0.39, 0.29) is 24.8 Å². The van der Waals surface area contributed by atoms with E-state index in [1.807, 2.05) is 0 Å². The fraction of sp³-hybridized carbons (Fsp3) is 0.423. The fourth-order valence-electron chi connectivity index (χ4n) is 9.76. The zero-order chi connectivity index (χ0) is 40.4. The van der Waals surface area contributed by atoms with Crippen molar-refractivity contribution in [3.05, 3.63) is 132 Å². The molecule has 0 saturated carbocycles. The minimum Gasteiger partial charge on any atom is -0.301 e. The van der Waals surface area contributed by atoms with E-state index in [1.165, 1.54) is 84.9 Å². The number of aromatic nitrogens is 2. The van der Waals surface area contributed by atoms with Crippen LogP contribution in [0.4, 0.5) is 0 Å². The minimum atomic E-state index is 0. The number of hydrogen-bond donors (Lipinski definition) is 0. The minimum absolute atomic E-state index is 0. The van der Waals surface area contributed by atoms with E-state index in [1.54, 1.807) is 0 Å². The molecule has 0 radical (unpaired) electrons. The second kappa shape index (κ2) is 22.8. The van der Waals surface area contributed by atoms with Crippen molar-refractivity contribution in [3.63, 3.8) is 0 Å². The van der Waals surface area contributed by atoms with Gasteiger partial charge in [-0.15, -0.1) is 24.8 Å². The highest BCUT2D eigenvalue weighted by Crippen LogP contribution is 2.35. The van der Waals surface area contributed by atoms with Crippen LogP contribution in [0.2, 0.25) is 0 Å². The van der Waals surface area contributed by atoms with Crippen LogP contribution in [0.25, 0.3) is 44.3 Å². The van der Waals surface area contributed by atoms with Crippen molar-refractivity contribution in [3.8, 4) is 22.5 Å². The van der Waals surface area contributed by atoms with Gasteiger partial charge < -0.3 is 9.80 Å². The summed E-state index contributed by atoms with van der Waals surface area (Å²) in [6.07, 6.45) is 5.06. The Hall–Kier alpha value is -3.88. The van der Waals surface area contributed by atoms with Gasteiger partial charge in [0.1, 0.15) is 0 Å². The van der Waals surface area contributed by atoms with Crippen molar-refractivity contribution >= 4 is 46.6 Å². The number of fused-ring (bicyclic) bond motifs is 2. The Labute approximate surface area is 373 Å². The number of rotatable bonds is 12. The summed E-state index contributed by atoms with van der Waals surface area (Å²) in [6.45, 7) is 23.2. The molecule has 6 nitrogen and oxygen atoms in total. The van der Waals surface area contributed by atoms with Crippen molar-refractivity contribution in [1.82, 2.24) is 29.6 Å². The second-order valence-corrected chi connectivity index (χ2v) is 16.3. The first kappa shape index (κ1) is 47.2. The monoisotopic (exact) mass is 846 g/mol. The summed E-state index contributed by atoms with van der Waals surface area (Å²) in [5.74, 6) is 0. The van der Waals surface area contributed by atoms with Crippen LogP contribution in [-0.2, 0) is 0 Å². The molecule has 0 aliphatic carbocycles. The maximum atomic E-state index is 4.97. The highest BCUT2D eigenvalue weighted by atomic mass is 35.5. The summed E-state index contributed by atoms with van der Waals surface area (Å²) < 4.78 is 0. The van der Waals surface area contributed by atoms with Crippen molar-refractivity contribution in [2.24, 2.45) is 0 Å². The number of nitrogens with zero attached hydrogens (tertiary/aromatic N) is 6. The average molecular weight is 848 g/mol. The maximum Gasteiger partial charge on any atom is 0.0713 e. The number of likely N-dealkylation sites (tertiary alicyclic amines) is 2. The third-order valence-electron chi connectivity index (χ3n) is 13.3. The van der Waals surface area contributed by atoms with Gasteiger partial charge in [-0.1, -0.05) is 125 Å². The van der Waals surface area contributed by atoms with Crippen molar-refractivity contribution in [2.75, 3.05) is 52.4 Å². The lowest BCUT2D eigenvalue weighted by Crippen LogP contribution is -2.45. The summed E-state index contributed by atoms with van der Waals surface area (Å²) in [7, 11) is 0. The van der Waals surface area contributed by atoms with E-state index in [4.69, 9.17) is 9.97 Å². The quantitative estimate of drug-likeness (QED) is 0.122. The molecule has 0 spiro atoms. The molecule has 8 rings (SSSR count). The third kappa shape index (κ3) is 10.9. The van der Waals surface area contributed by atoms with E-state index < -0.39 is 0 Å². The number of hydrogen-bond acceptors (Lipinski definition) is 6. The molecule has 2 aliphatic rings. The average Bonchev–Trinajstić information content (AvgIpc) is 3.30. The molecule has 2 aromatic heterocycles. The Morgan fingerprint density at radius 3 is 1.13 bits per heavy atom.